The fourth-order valence-electron chi connectivity index (χ4n) is 6.99. The molecule has 14 heteroatoms. The van der Waals surface area contributed by atoms with Crippen LogP contribution in [0, 0.1) is 11.3 Å². The largest absolute Gasteiger partial charge is 0.472 e. The van der Waals surface area contributed by atoms with Gasteiger partial charge in [0.1, 0.15) is 23.7 Å². The van der Waals surface area contributed by atoms with Crippen LogP contribution in [0.4, 0.5) is 4.79 Å². The smallest absolute Gasteiger partial charge is 0.317 e. The van der Waals surface area contributed by atoms with Gasteiger partial charge in [0, 0.05) is 37.5 Å². The fourth-order valence-corrected chi connectivity index (χ4v) is 8.36. The molecule has 4 aliphatic rings. The van der Waals surface area contributed by atoms with E-state index in [1.165, 1.54) is 11.0 Å². The summed E-state index contributed by atoms with van der Waals surface area (Å²) in [5.74, 6) is -2.01. The van der Waals surface area contributed by atoms with Crippen LogP contribution in [0.2, 0.25) is 0 Å². The molecule has 50 heavy (non-hydrogen) atoms. The first-order valence-electron chi connectivity index (χ1n) is 17.5. The Morgan fingerprint density at radius 1 is 1.14 bits per heavy atom. The molecule has 3 heterocycles. The first-order chi connectivity index (χ1) is 23.6. The lowest BCUT2D eigenvalue weighted by Gasteiger charge is -2.36. The second kappa shape index (κ2) is 13.5. The molecule has 1 saturated heterocycles. The van der Waals surface area contributed by atoms with E-state index in [1.54, 1.807) is 18.1 Å². The molecule has 4 bridgehead atoms. The quantitative estimate of drug-likeness (QED) is 0.385. The predicted octanol–water partition coefficient (Wildman–Crippen LogP) is 3.03. The van der Waals surface area contributed by atoms with Gasteiger partial charge < -0.3 is 25.2 Å². The maximum absolute atomic E-state index is 14.5. The summed E-state index contributed by atoms with van der Waals surface area (Å²) in [4.78, 5) is 63.1. The zero-order valence-corrected chi connectivity index (χ0v) is 30.1. The second-order valence-corrected chi connectivity index (χ2v) is 17.3. The number of nitrogens with one attached hydrogen (secondary N) is 3. The van der Waals surface area contributed by atoms with Crippen molar-refractivity contribution >= 4 is 44.5 Å². The number of carbonyl (C=O) groups excluding carboxylic acids is 4. The van der Waals surface area contributed by atoms with Gasteiger partial charge in [-0.05, 0) is 67.0 Å². The lowest BCUT2D eigenvalue weighted by molar-refractivity contribution is -0.142. The number of urea groups is 1. The SMILES string of the molecule is C=C[C@@H]1CC1(NC(=O)[C@@H]1C[C@@H]2CN1C(=O)[C@H](C(C)(C)C)NC(=O)N(C)CCCCCc1ccc3ccnc(c3c1)O2)C(=O)NS(=O)(=O)C1CC1. The Kier molecular flexibility index (Phi) is 9.61. The minimum atomic E-state index is -3.87. The molecular weight excluding hydrogens is 660 g/mol. The number of ether oxygens (including phenoxy) is 1. The van der Waals surface area contributed by atoms with Crippen LogP contribution in [0.25, 0.3) is 10.8 Å². The maximum Gasteiger partial charge on any atom is 0.317 e. The van der Waals surface area contributed by atoms with E-state index in [2.05, 4.69) is 39.1 Å². The Morgan fingerprint density at radius 3 is 2.58 bits per heavy atom. The monoisotopic (exact) mass is 708 g/mol. The van der Waals surface area contributed by atoms with Crippen LogP contribution in [0.1, 0.15) is 71.3 Å². The first-order valence-corrected chi connectivity index (χ1v) is 19.0. The third-order valence-electron chi connectivity index (χ3n) is 10.4. The number of nitrogens with zero attached hydrogens (tertiary/aromatic N) is 3. The molecule has 0 spiro atoms. The van der Waals surface area contributed by atoms with Crippen molar-refractivity contribution in [2.24, 2.45) is 11.3 Å². The number of hydrogen-bond donors (Lipinski definition) is 3. The number of fused-ring (bicyclic) bond motifs is 3. The summed E-state index contributed by atoms with van der Waals surface area (Å²) in [5, 5.41) is 6.90. The van der Waals surface area contributed by atoms with Gasteiger partial charge >= 0.3 is 6.03 Å². The number of pyridine rings is 1. The zero-order chi connectivity index (χ0) is 36.0. The number of aromatic nitrogens is 1. The fraction of sp³-hybridized carbons (Fsp3) is 0.583. The van der Waals surface area contributed by atoms with Gasteiger partial charge in [0.05, 0.1) is 11.8 Å². The van der Waals surface area contributed by atoms with Gasteiger partial charge in [-0.3, -0.25) is 19.1 Å². The van der Waals surface area contributed by atoms with Gasteiger partial charge in [-0.15, -0.1) is 6.58 Å². The Hall–Kier alpha value is -4.20. The molecule has 3 N–H and O–H groups in total. The molecule has 1 aromatic carbocycles. The Bertz CT molecular complexity index is 1810. The summed E-state index contributed by atoms with van der Waals surface area (Å²) in [7, 11) is -2.17. The molecule has 2 saturated carbocycles. The lowest BCUT2D eigenvalue weighted by Crippen LogP contribution is -2.61. The molecule has 2 aliphatic heterocycles. The third-order valence-corrected chi connectivity index (χ3v) is 12.2. The molecular formula is C36H48N6O7S. The van der Waals surface area contributed by atoms with E-state index in [1.807, 2.05) is 32.9 Å². The molecule has 0 radical (unpaired) electrons. The number of sulfonamides is 1. The summed E-state index contributed by atoms with van der Waals surface area (Å²) >= 11 is 0. The number of rotatable bonds is 6. The maximum atomic E-state index is 14.5. The zero-order valence-electron chi connectivity index (χ0n) is 29.2. The van der Waals surface area contributed by atoms with Crippen LogP contribution >= 0.6 is 0 Å². The molecule has 1 aromatic heterocycles. The minimum Gasteiger partial charge on any atom is -0.472 e. The van der Waals surface area contributed by atoms with Crippen molar-refractivity contribution in [1.82, 2.24) is 30.1 Å². The van der Waals surface area contributed by atoms with E-state index in [9.17, 15) is 27.6 Å². The molecule has 6 rings (SSSR count). The highest BCUT2D eigenvalue weighted by Crippen LogP contribution is 2.45. The Balaban J connectivity index is 1.33. The molecule has 13 nitrogen and oxygen atoms in total. The molecule has 5 atom stereocenters. The highest BCUT2D eigenvalue weighted by atomic mass is 32.2. The van der Waals surface area contributed by atoms with Gasteiger partial charge in [0.25, 0.3) is 5.91 Å². The summed E-state index contributed by atoms with van der Waals surface area (Å²) in [5.41, 5.74) is -1.12. The minimum absolute atomic E-state index is 0.0209. The van der Waals surface area contributed by atoms with Crippen LogP contribution < -0.4 is 20.1 Å². The summed E-state index contributed by atoms with van der Waals surface area (Å²) in [6.07, 6.45) is 7.23. The number of benzene rings is 1. The Morgan fingerprint density at radius 2 is 1.90 bits per heavy atom. The molecule has 1 unspecified atom stereocenters. The number of hydrogen-bond acceptors (Lipinski definition) is 8. The highest BCUT2D eigenvalue weighted by Gasteiger charge is 2.62. The topological polar surface area (TPSA) is 167 Å². The van der Waals surface area contributed by atoms with Gasteiger partial charge in [0.2, 0.25) is 27.7 Å². The molecule has 5 amide bonds. The number of amides is 5. The van der Waals surface area contributed by atoms with Crippen LogP contribution in [0.5, 0.6) is 5.88 Å². The average molecular weight is 709 g/mol. The predicted molar refractivity (Wildman–Crippen MR) is 187 cm³/mol. The van der Waals surface area contributed by atoms with Crippen molar-refractivity contribution in [1.29, 1.82) is 0 Å². The summed E-state index contributed by atoms with van der Waals surface area (Å²) in [6.45, 7) is 9.85. The van der Waals surface area contributed by atoms with E-state index >= 15 is 0 Å². The highest BCUT2D eigenvalue weighted by molar-refractivity contribution is 7.91. The van der Waals surface area contributed by atoms with Crippen molar-refractivity contribution in [2.75, 3.05) is 20.1 Å². The van der Waals surface area contributed by atoms with E-state index < -0.39 is 74.1 Å². The van der Waals surface area contributed by atoms with Crippen LogP contribution in [-0.2, 0) is 30.8 Å². The molecule has 3 fully saturated rings. The van der Waals surface area contributed by atoms with Crippen molar-refractivity contribution in [3.63, 3.8) is 0 Å². The van der Waals surface area contributed by atoms with E-state index in [0.717, 1.165) is 42.0 Å². The normalized spacial score (nSPS) is 27.9. The molecule has 270 valence electrons. The van der Waals surface area contributed by atoms with Crippen molar-refractivity contribution in [2.45, 2.75) is 101 Å². The molecule has 2 aliphatic carbocycles. The third kappa shape index (κ3) is 7.31. The van der Waals surface area contributed by atoms with E-state index in [4.69, 9.17) is 4.74 Å². The van der Waals surface area contributed by atoms with Crippen LogP contribution in [-0.4, -0.2) is 96.1 Å². The summed E-state index contributed by atoms with van der Waals surface area (Å²) < 4.78 is 34.0. The first kappa shape index (κ1) is 35.6. The van der Waals surface area contributed by atoms with E-state index in [-0.39, 0.29) is 19.4 Å². The Labute approximate surface area is 293 Å². The van der Waals surface area contributed by atoms with Crippen LogP contribution in [0.3, 0.4) is 0 Å². The van der Waals surface area contributed by atoms with Gasteiger partial charge in [0.15, 0.2) is 0 Å². The summed E-state index contributed by atoms with van der Waals surface area (Å²) in [6, 6.07) is 5.62. The molecule has 2 aromatic rings. The van der Waals surface area contributed by atoms with Crippen LogP contribution in [0.15, 0.2) is 43.1 Å². The van der Waals surface area contributed by atoms with E-state index in [0.29, 0.717) is 25.3 Å². The number of carbonyl (C=O) groups is 4. The van der Waals surface area contributed by atoms with Gasteiger partial charge in [-0.2, -0.15) is 0 Å². The van der Waals surface area contributed by atoms with Crippen molar-refractivity contribution in [3.8, 4) is 5.88 Å². The van der Waals surface area contributed by atoms with Gasteiger partial charge in [-0.1, -0.05) is 45.4 Å². The van der Waals surface area contributed by atoms with Gasteiger partial charge in [-0.25, -0.2) is 18.2 Å². The lowest BCUT2D eigenvalue weighted by atomic mass is 9.85. The number of aryl methyl sites for hydroxylation is 1. The standard InChI is InChI=1S/C36H48N6O7S/c1-6-24-20-36(24,33(45)40-50(47,48)26-13-14-26)39-30(43)28-19-25-21-42(28)32(44)29(35(2,3)4)38-34(46)41(5)17-9-7-8-10-22-11-12-23-15-16-37-31(49-25)27(23)18-22/h6,11-12,15-16,18,24-26,28-29H,1,7-10,13-14,17,19-21H2,2-5H3,(H,38,46)(H,39,43)(H,40,45)/t24-,25-,28+,29-,36?/m1/s1. The van der Waals surface area contributed by atoms with Crippen molar-refractivity contribution < 1.29 is 32.3 Å². The second-order valence-electron chi connectivity index (χ2n) is 15.3. The average Bonchev–Trinajstić information content (AvgIpc) is 3.99. The van der Waals surface area contributed by atoms with Crippen molar-refractivity contribution in [3.05, 3.63) is 48.7 Å².